The van der Waals surface area contributed by atoms with Crippen molar-refractivity contribution in [3.63, 3.8) is 0 Å². The number of nitrogens with one attached hydrogen (secondary N) is 1. The summed E-state index contributed by atoms with van der Waals surface area (Å²) in [5.74, 6) is 0.572. The standard InChI is InChI=1S/C13H14N2/c1-3-9(2)10-4-5-12-11(7-14)8-15-13(12)6-10/h4-6,8-9,15H,3H2,1-2H3. The molecule has 0 fully saturated rings. The molecule has 0 radical (unpaired) electrons. The second kappa shape index (κ2) is 3.78. The van der Waals surface area contributed by atoms with Gasteiger partial charge in [-0.3, -0.25) is 0 Å². The molecule has 0 spiro atoms. The maximum absolute atomic E-state index is 8.88. The van der Waals surface area contributed by atoms with Crippen molar-refractivity contribution < 1.29 is 0 Å². The summed E-state index contributed by atoms with van der Waals surface area (Å²) < 4.78 is 0. The van der Waals surface area contributed by atoms with Gasteiger partial charge in [0.15, 0.2) is 0 Å². The van der Waals surface area contributed by atoms with Gasteiger partial charge in [-0.2, -0.15) is 5.26 Å². The summed E-state index contributed by atoms with van der Waals surface area (Å²) in [5, 5.41) is 9.90. The Morgan fingerprint density at radius 1 is 1.47 bits per heavy atom. The van der Waals surface area contributed by atoms with E-state index >= 15 is 0 Å². The first-order chi connectivity index (χ1) is 7.26. The number of aromatic nitrogens is 1. The van der Waals surface area contributed by atoms with Crippen LogP contribution in [0.15, 0.2) is 24.4 Å². The van der Waals surface area contributed by atoms with E-state index in [1.165, 1.54) is 5.56 Å². The Morgan fingerprint density at radius 2 is 2.27 bits per heavy atom. The highest BCUT2D eigenvalue weighted by Gasteiger charge is 2.06. The van der Waals surface area contributed by atoms with Crippen LogP contribution in [0, 0.1) is 11.3 Å². The number of nitrogens with zero attached hydrogens (tertiary/aromatic N) is 1. The lowest BCUT2D eigenvalue weighted by Crippen LogP contribution is -1.90. The molecule has 15 heavy (non-hydrogen) atoms. The highest BCUT2D eigenvalue weighted by molar-refractivity contribution is 5.86. The Bertz CT molecular complexity index is 517. The molecular formula is C13H14N2. The van der Waals surface area contributed by atoms with Gasteiger partial charge in [0.1, 0.15) is 6.07 Å². The summed E-state index contributed by atoms with van der Waals surface area (Å²) in [6.07, 6.45) is 2.91. The molecule has 76 valence electrons. The zero-order valence-electron chi connectivity index (χ0n) is 9.04. The molecule has 2 nitrogen and oxygen atoms in total. The highest BCUT2D eigenvalue weighted by Crippen LogP contribution is 2.24. The van der Waals surface area contributed by atoms with E-state index in [-0.39, 0.29) is 0 Å². The number of nitriles is 1. The number of aromatic amines is 1. The number of hydrogen-bond acceptors (Lipinski definition) is 1. The lowest BCUT2D eigenvalue weighted by Gasteiger charge is -2.08. The second-order valence-electron chi connectivity index (χ2n) is 3.93. The van der Waals surface area contributed by atoms with Crippen molar-refractivity contribution in [2.45, 2.75) is 26.2 Å². The number of benzene rings is 1. The molecule has 2 rings (SSSR count). The van der Waals surface area contributed by atoms with Crippen LogP contribution in [0.3, 0.4) is 0 Å². The van der Waals surface area contributed by atoms with Crippen molar-refractivity contribution in [3.05, 3.63) is 35.5 Å². The van der Waals surface area contributed by atoms with Crippen molar-refractivity contribution in [1.29, 1.82) is 5.26 Å². The van der Waals surface area contributed by atoms with E-state index in [1.54, 1.807) is 6.20 Å². The summed E-state index contributed by atoms with van der Waals surface area (Å²) in [6.45, 7) is 4.40. The van der Waals surface area contributed by atoms with Gasteiger partial charge in [-0.25, -0.2) is 0 Å². The van der Waals surface area contributed by atoms with Gasteiger partial charge in [0.05, 0.1) is 5.56 Å². The topological polar surface area (TPSA) is 39.6 Å². The van der Waals surface area contributed by atoms with Gasteiger partial charge in [0.25, 0.3) is 0 Å². The van der Waals surface area contributed by atoms with Gasteiger partial charge in [-0.15, -0.1) is 0 Å². The largest absolute Gasteiger partial charge is 0.360 e. The smallest absolute Gasteiger partial charge is 0.101 e. The molecule has 1 N–H and O–H groups in total. The summed E-state index contributed by atoms with van der Waals surface area (Å²) in [7, 11) is 0. The van der Waals surface area contributed by atoms with Gasteiger partial charge < -0.3 is 4.98 Å². The summed E-state index contributed by atoms with van der Waals surface area (Å²) in [4.78, 5) is 3.14. The average molecular weight is 198 g/mol. The predicted molar refractivity (Wildman–Crippen MR) is 61.7 cm³/mol. The fourth-order valence-corrected chi connectivity index (χ4v) is 1.78. The van der Waals surface area contributed by atoms with Crippen LogP contribution in [0.5, 0.6) is 0 Å². The molecule has 1 unspecified atom stereocenters. The van der Waals surface area contributed by atoms with Crippen LogP contribution in [0.25, 0.3) is 10.9 Å². The van der Waals surface area contributed by atoms with E-state index < -0.39 is 0 Å². The molecule has 2 heteroatoms. The average Bonchev–Trinajstić information content (AvgIpc) is 2.69. The third kappa shape index (κ3) is 1.61. The maximum Gasteiger partial charge on any atom is 0.101 e. The Hall–Kier alpha value is -1.75. The number of hydrogen-bond donors (Lipinski definition) is 1. The van der Waals surface area contributed by atoms with Gasteiger partial charge in [0.2, 0.25) is 0 Å². The van der Waals surface area contributed by atoms with E-state index in [1.807, 2.05) is 6.07 Å². The zero-order chi connectivity index (χ0) is 10.8. The van der Waals surface area contributed by atoms with Gasteiger partial charge in [-0.05, 0) is 24.0 Å². The summed E-state index contributed by atoms with van der Waals surface area (Å²) in [6, 6.07) is 8.47. The molecule has 0 aliphatic rings. The van der Waals surface area contributed by atoms with Crippen LogP contribution in [-0.2, 0) is 0 Å². The molecule has 1 aromatic carbocycles. The summed E-state index contributed by atoms with van der Waals surface area (Å²) >= 11 is 0. The number of rotatable bonds is 2. The third-order valence-corrected chi connectivity index (χ3v) is 3.01. The Labute approximate surface area is 89.5 Å². The van der Waals surface area contributed by atoms with E-state index in [0.717, 1.165) is 22.9 Å². The Morgan fingerprint density at radius 3 is 2.93 bits per heavy atom. The van der Waals surface area contributed by atoms with Gasteiger partial charge in [0, 0.05) is 17.1 Å². The molecule has 0 aliphatic carbocycles. The molecule has 0 amide bonds. The molecule has 1 heterocycles. The van der Waals surface area contributed by atoms with E-state index in [4.69, 9.17) is 5.26 Å². The van der Waals surface area contributed by atoms with Crippen LogP contribution in [0.1, 0.15) is 37.3 Å². The lowest BCUT2D eigenvalue weighted by atomic mass is 9.97. The molecule has 0 aliphatic heterocycles. The van der Waals surface area contributed by atoms with Crippen LogP contribution >= 0.6 is 0 Å². The molecule has 2 aromatic rings. The minimum atomic E-state index is 0.572. The Balaban J connectivity index is 2.54. The lowest BCUT2D eigenvalue weighted by molar-refractivity contribution is 0.734. The highest BCUT2D eigenvalue weighted by atomic mass is 14.7. The van der Waals surface area contributed by atoms with Crippen LogP contribution < -0.4 is 0 Å². The first-order valence-corrected chi connectivity index (χ1v) is 5.27. The molecular weight excluding hydrogens is 184 g/mol. The molecule has 0 saturated carbocycles. The van der Waals surface area contributed by atoms with Crippen LogP contribution in [0.4, 0.5) is 0 Å². The first kappa shape index (κ1) is 9.79. The first-order valence-electron chi connectivity index (χ1n) is 5.27. The maximum atomic E-state index is 8.88. The molecule has 0 bridgehead atoms. The van der Waals surface area contributed by atoms with E-state index in [0.29, 0.717) is 5.92 Å². The van der Waals surface area contributed by atoms with Crippen molar-refractivity contribution in [2.24, 2.45) is 0 Å². The SMILES string of the molecule is CCC(C)c1ccc2c(C#N)c[nH]c2c1. The third-order valence-electron chi connectivity index (χ3n) is 3.01. The normalized spacial score (nSPS) is 12.6. The van der Waals surface area contributed by atoms with Crippen molar-refractivity contribution in [3.8, 4) is 6.07 Å². The summed E-state index contributed by atoms with van der Waals surface area (Å²) in [5.41, 5.74) is 3.11. The molecule has 1 atom stereocenters. The quantitative estimate of drug-likeness (QED) is 0.787. The fourth-order valence-electron chi connectivity index (χ4n) is 1.78. The van der Waals surface area contributed by atoms with Crippen molar-refractivity contribution >= 4 is 10.9 Å². The van der Waals surface area contributed by atoms with E-state index in [2.05, 4.69) is 37.0 Å². The molecule has 0 saturated heterocycles. The zero-order valence-corrected chi connectivity index (χ0v) is 9.04. The fraction of sp³-hybridized carbons (Fsp3) is 0.308. The number of fused-ring (bicyclic) bond motifs is 1. The monoisotopic (exact) mass is 198 g/mol. The minimum absolute atomic E-state index is 0.572. The van der Waals surface area contributed by atoms with Gasteiger partial charge >= 0.3 is 0 Å². The molecule has 1 aromatic heterocycles. The van der Waals surface area contributed by atoms with E-state index in [9.17, 15) is 0 Å². The van der Waals surface area contributed by atoms with Gasteiger partial charge in [-0.1, -0.05) is 26.0 Å². The van der Waals surface area contributed by atoms with Crippen LogP contribution in [0.2, 0.25) is 0 Å². The second-order valence-corrected chi connectivity index (χ2v) is 3.93. The van der Waals surface area contributed by atoms with Crippen molar-refractivity contribution in [1.82, 2.24) is 4.98 Å². The van der Waals surface area contributed by atoms with Crippen LogP contribution in [-0.4, -0.2) is 4.98 Å². The van der Waals surface area contributed by atoms with Crippen molar-refractivity contribution in [2.75, 3.05) is 0 Å². The Kier molecular flexibility index (Phi) is 2.47. The predicted octanol–water partition coefficient (Wildman–Crippen LogP) is 3.55. The number of H-pyrrole nitrogens is 1. The minimum Gasteiger partial charge on any atom is -0.360 e.